The molecule has 1 amide bonds. The maximum absolute atomic E-state index is 12.0. The molecule has 0 saturated heterocycles. The average Bonchev–Trinajstić information content (AvgIpc) is 3.34. The minimum Gasteiger partial charge on any atom is -0.467 e. The van der Waals surface area contributed by atoms with Gasteiger partial charge in [-0.05, 0) is 29.5 Å². The zero-order valence-corrected chi connectivity index (χ0v) is 18.3. The van der Waals surface area contributed by atoms with Crippen LogP contribution in [0.1, 0.15) is 45.4 Å². The van der Waals surface area contributed by atoms with E-state index < -0.39 is 0 Å². The van der Waals surface area contributed by atoms with Gasteiger partial charge in [0.15, 0.2) is 11.0 Å². The SMILES string of the molecule is CCCNC(=O)CSc1nnc(-c2ccc(C(C)(C)C)cc2)n1Cc1ccco1. The molecular formula is C22H28N4O2S. The Kier molecular flexibility index (Phi) is 6.79. The Morgan fingerprint density at radius 3 is 2.55 bits per heavy atom. The molecule has 0 aliphatic heterocycles. The van der Waals surface area contributed by atoms with Crippen LogP contribution in [0.5, 0.6) is 0 Å². The summed E-state index contributed by atoms with van der Waals surface area (Å²) in [4.78, 5) is 12.0. The molecule has 7 heteroatoms. The zero-order valence-electron chi connectivity index (χ0n) is 17.4. The monoisotopic (exact) mass is 412 g/mol. The van der Waals surface area contributed by atoms with Gasteiger partial charge in [-0.2, -0.15) is 0 Å². The molecule has 3 aromatic rings. The van der Waals surface area contributed by atoms with Gasteiger partial charge in [0.05, 0.1) is 18.6 Å². The molecule has 0 unspecified atom stereocenters. The lowest BCUT2D eigenvalue weighted by Crippen LogP contribution is -2.25. The molecular weight excluding hydrogens is 384 g/mol. The second kappa shape index (κ2) is 9.31. The molecule has 1 N–H and O–H groups in total. The first kappa shape index (κ1) is 21.2. The van der Waals surface area contributed by atoms with Crippen LogP contribution in [0.2, 0.25) is 0 Å². The molecule has 0 fully saturated rings. The number of hydrogen-bond donors (Lipinski definition) is 1. The van der Waals surface area contributed by atoms with Gasteiger partial charge >= 0.3 is 0 Å². The van der Waals surface area contributed by atoms with Gasteiger partial charge in [-0.1, -0.05) is 63.7 Å². The summed E-state index contributed by atoms with van der Waals surface area (Å²) in [6.07, 6.45) is 2.57. The fourth-order valence-electron chi connectivity index (χ4n) is 2.87. The highest BCUT2D eigenvalue weighted by Gasteiger charge is 2.18. The van der Waals surface area contributed by atoms with Crippen molar-refractivity contribution in [3.63, 3.8) is 0 Å². The van der Waals surface area contributed by atoms with Crippen LogP contribution in [-0.4, -0.2) is 33.0 Å². The number of nitrogens with zero attached hydrogens (tertiary/aromatic N) is 3. The molecule has 0 spiro atoms. The second-order valence-electron chi connectivity index (χ2n) is 7.94. The van der Waals surface area contributed by atoms with Crippen LogP contribution in [0.15, 0.2) is 52.2 Å². The van der Waals surface area contributed by atoms with E-state index in [0.717, 1.165) is 23.6 Å². The molecule has 0 atom stereocenters. The lowest BCUT2D eigenvalue weighted by molar-refractivity contribution is -0.118. The lowest BCUT2D eigenvalue weighted by atomic mass is 9.87. The minimum absolute atomic E-state index is 0.000443. The Hall–Kier alpha value is -2.54. The van der Waals surface area contributed by atoms with Crippen molar-refractivity contribution in [3.05, 3.63) is 54.0 Å². The molecule has 29 heavy (non-hydrogen) atoms. The number of thioether (sulfide) groups is 1. The normalized spacial score (nSPS) is 11.6. The number of nitrogens with one attached hydrogen (secondary N) is 1. The second-order valence-corrected chi connectivity index (χ2v) is 8.88. The Bertz CT molecular complexity index is 925. The van der Waals surface area contributed by atoms with Crippen LogP contribution in [-0.2, 0) is 16.8 Å². The van der Waals surface area contributed by atoms with Crippen molar-refractivity contribution in [1.29, 1.82) is 0 Å². The van der Waals surface area contributed by atoms with E-state index in [4.69, 9.17) is 4.42 Å². The number of carbonyl (C=O) groups excluding carboxylic acids is 1. The number of furan rings is 1. The Balaban J connectivity index is 1.86. The number of amides is 1. The van der Waals surface area contributed by atoms with Crippen molar-refractivity contribution in [1.82, 2.24) is 20.1 Å². The number of carbonyl (C=O) groups is 1. The number of hydrogen-bond acceptors (Lipinski definition) is 5. The first-order valence-corrected chi connectivity index (χ1v) is 10.8. The van der Waals surface area contributed by atoms with E-state index >= 15 is 0 Å². The lowest BCUT2D eigenvalue weighted by Gasteiger charge is -2.19. The Morgan fingerprint density at radius 2 is 1.93 bits per heavy atom. The molecule has 154 valence electrons. The fraction of sp³-hybridized carbons (Fsp3) is 0.409. The van der Waals surface area contributed by atoms with Crippen molar-refractivity contribution < 1.29 is 9.21 Å². The highest BCUT2D eigenvalue weighted by Crippen LogP contribution is 2.28. The van der Waals surface area contributed by atoms with Gasteiger partial charge < -0.3 is 9.73 Å². The number of rotatable bonds is 8. The molecule has 1 aromatic carbocycles. The van der Waals surface area contributed by atoms with Crippen molar-refractivity contribution in [2.24, 2.45) is 0 Å². The molecule has 0 aliphatic carbocycles. The summed E-state index contributed by atoms with van der Waals surface area (Å²) < 4.78 is 7.53. The number of aromatic nitrogens is 3. The third-order valence-corrected chi connectivity index (χ3v) is 5.49. The van der Waals surface area contributed by atoms with Crippen LogP contribution in [0.25, 0.3) is 11.4 Å². The summed E-state index contributed by atoms with van der Waals surface area (Å²) in [5.41, 5.74) is 2.34. The minimum atomic E-state index is 0.000443. The van der Waals surface area contributed by atoms with E-state index in [1.165, 1.54) is 17.3 Å². The Labute approximate surface area is 176 Å². The third kappa shape index (κ3) is 5.50. The molecule has 0 radical (unpaired) electrons. The zero-order chi connectivity index (χ0) is 20.9. The molecule has 0 saturated carbocycles. The van der Waals surface area contributed by atoms with Gasteiger partial charge in [0, 0.05) is 12.1 Å². The van der Waals surface area contributed by atoms with E-state index in [-0.39, 0.29) is 11.3 Å². The van der Waals surface area contributed by atoms with Crippen LogP contribution < -0.4 is 5.32 Å². The van der Waals surface area contributed by atoms with Gasteiger partial charge in [-0.15, -0.1) is 10.2 Å². The van der Waals surface area contributed by atoms with Crippen molar-refractivity contribution in [2.45, 2.75) is 51.2 Å². The van der Waals surface area contributed by atoms with Gasteiger partial charge in [-0.3, -0.25) is 9.36 Å². The molecule has 6 nitrogen and oxygen atoms in total. The fourth-order valence-corrected chi connectivity index (χ4v) is 3.64. The maximum atomic E-state index is 12.0. The molecule has 3 rings (SSSR count). The first-order chi connectivity index (χ1) is 13.9. The summed E-state index contributed by atoms with van der Waals surface area (Å²) in [6, 6.07) is 12.2. The largest absolute Gasteiger partial charge is 0.467 e. The maximum Gasteiger partial charge on any atom is 0.230 e. The molecule has 0 bridgehead atoms. The summed E-state index contributed by atoms with van der Waals surface area (Å²) in [6.45, 7) is 9.81. The summed E-state index contributed by atoms with van der Waals surface area (Å²) in [5.74, 6) is 1.88. The summed E-state index contributed by atoms with van der Waals surface area (Å²) in [7, 11) is 0. The standard InChI is InChI=1S/C22H28N4O2S/c1-5-12-23-19(27)15-29-21-25-24-20(26(21)14-18-7-6-13-28-18)16-8-10-17(11-9-16)22(2,3)4/h6-11,13H,5,12,14-15H2,1-4H3,(H,23,27). The predicted octanol–water partition coefficient (Wildman–Crippen LogP) is 4.50. The van der Waals surface area contributed by atoms with Gasteiger partial charge in [0.25, 0.3) is 0 Å². The van der Waals surface area contributed by atoms with E-state index in [9.17, 15) is 4.79 Å². The van der Waals surface area contributed by atoms with E-state index in [2.05, 4.69) is 60.6 Å². The van der Waals surface area contributed by atoms with Crippen molar-refractivity contribution in [2.75, 3.05) is 12.3 Å². The van der Waals surface area contributed by atoms with Crippen molar-refractivity contribution in [3.8, 4) is 11.4 Å². The highest BCUT2D eigenvalue weighted by molar-refractivity contribution is 7.99. The van der Waals surface area contributed by atoms with E-state index in [0.29, 0.717) is 24.0 Å². The molecule has 2 aromatic heterocycles. The van der Waals surface area contributed by atoms with E-state index in [1.54, 1.807) is 6.26 Å². The topological polar surface area (TPSA) is 73.0 Å². The van der Waals surface area contributed by atoms with Gasteiger partial charge in [0.2, 0.25) is 5.91 Å². The van der Waals surface area contributed by atoms with Crippen LogP contribution in [0.4, 0.5) is 0 Å². The predicted molar refractivity (Wildman–Crippen MR) is 116 cm³/mol. The first-order valence-electron chi connectivity index (χ1n) is 9.84. The highest BCUT2D eigenvalue weighted by atomic mass is 32.2. The van der Waals surface area contributed by atoms with Crippen LogP contribution >= 0.6 is 11.8 Å². The summed E-state index contributed by atoms with van der Waals surface area (Å²) >= 11 is 1.39. The van der Waals surface area contributed by atoms with Gasteiger partial charge in [0.1, 0.15) is 5.76 Å². The molecule has 2 heterocycles. The van der Waals surface area contributed by atoms with Crippen LogP contribution in [0.3, 0.4) is 0 Å². The van der Waals surface area contributed by atoms with Crippen LogP contribution in [0, 0.1) is 0 Å². The summed E-state index contributed by atoms with van der Waals surface area (Å²) in [5, 5.41) is 12.4. The van der Waals surface area contributed by atoms with Crippen molar-refractivity contribution >= 4 is 17.7 Å². The number of benzene rings is 1. The quantitative estimate of drug-likeness (QED) is 0.552. The Morgan fingerprint density at radius 1 is 1.17 bits per heavy atom. The van der Waals surface area contributed by atoms with E-state index in [1.807, 2.05) is 23.6 Å². The smallest absolute Gasteiger partial charge is 0.230 e. The molecule has 0 aliphatic rings. The average molecular weight is 413 g/mol. The third-order valence-electron chi connectivity index (χ3n) is 4.52. The van der Waals surface area contributed by atoms with Gasteiger partial charge in [-0.25, -0.2) is 0 Å².